The lowest BCUT2D eigenvalue weighted by molar-refractivity contribution is 0.0947. The van der Waals surface area contributed by atoms with E-state index in [-0.39, 0.29) is 17.9 Å². The van der Waals surface area contributed by atoms with Gasteiger partial charge in [-0.1, -0.05) is 6.92 Å². The Kier molecular flexibility index (Phi) is 4.02. The van der Waals surface area contributed by atoms with Crippen LogP contribution in [-0.4, -0.2) is 20.8 Å². The van der Waals surface area contributed by atoms with Crippen LogP contribution in [0.2, 0.25) is 0 Å². The van der Waals surface area contributed by atoms with Crippen LogP contribution in [0.5, 0.6) is 5.75 Å². The molecule has 2 N–H and O–H groups in total. The lowest BCUT2D eigenvalue weighted by atomic mass is 10.1. The number of phenols is 1. The van der Waals surface area contributed by atoms with Gasteiger partial charge in [-0.2, -0.15) is 5.10 Å². The smallest absolute Gasteiger partial charge is 0.254 e. The monoisotopic (exact) mass is 277 g/mol. The molecule has 0 aliphatic rings. The molecule has 0 bridgehead atoms. The number of phenolic OH excluding ortho intramolecular Hbond substituents is 1. The molecule has 0 aliphatic heterocycles. The van der Waals surface area contributed by atoms with E-state index in [2.05, 4.69) is 10.4 Å². The van der Waals surface area contributed by atoms with Gasteiger partial charge in [0.1, 0.15) is 11.6 Å². The number of carbonyl (C=O) groups is 1. The summed E-state index contributed by atoms with van der Waals surface area (Å²) in [6, 6.07) is 3.44. The zero-order chi connectivity index (χ0) is 14.7. The fraction of sp³-hybridized carbons (Fsp3) is 0.286. The number of amides is 1. The Morgan fingerprint density at radius 1 is 1.50 bits per heavy atom. The molecule has 2 aromatic rings. The molecule has 0 saturated carbocycles. The minimum atomic E-state index is -0.746. The second-order valence-corrected chi connectivity index (χ2v) is 4.48. The van der Waals surface area contributed by atoms with Crippen LogP contribution in [0.15, 0.2) is 24.4 Å². The first-order valence-corrected chi connectivity index (χ1v) is 6.29. The number of hydrogen-bond acceptors (Lipinski definition) is 3. The molecule has 106 valence electrons. The summed E-state index contributed by atoms with van der Waals surface area (Å²) in [5.41, 5.74) is 1.71. The quantitative estimate of drug-likeness (QED) is 0.894. The lowest BCUT2D eigenvalue weighted by Crippen LogP contribution is -2.24. The molecule has 0 radical (unpaired) electrons. The van der Waals surface area contributed by atoms with E-state index in [1.807, 2.05) is 20.2 Å². The van der Waals surface area contributed by atoms with Crippen molar-refractivity contribution in [2.24, 2.45) is 7.05 Å². The number of aromatic hydroxyl groups is 1. The van der Waals surface area contributed by atoms with Gasteiger partial charge in [0.05, 0.1) is 11.3 Å². The second-order valence-electron chi connectivity index (χ2n) is 4.48. The van der Waals surface area contributed by atoms with Crippen LogP contribution in [0.3, 0.4) is 0 Å². The maximum Gasteiger partial charge on any atom is 0.254 e. The average molecular weight is 277 g/mol. The Hall–Kier alpha value is -2.37. The maximum absolute atomic E-state index is 13.5. The summed E-state index contributed by atoms with van der Waals surface area (Å²) in [5, 5.41) is 16.0. The molecule has 0 unspecified atom stereocenters. The molecule has 2 rings (SSSR count). The van der Waals surface area contributed by atoms with Crippen molar-refractivity contribution in [3.05, 3.63) is 47.0 Å². The highest BCUT2D eigenvalue weighted by Crippen LogP contribution is 2.15. The fourth-order valence-corrected chi connectivity index (χ4v) is 1.99. The van der Waals surface area contributed by atoms with Crippen LogP contribution in [-0.2, 0) is 20.0 Å². The molecule has 1 heterocycles. The van der Waals surface area contributed by atoms with Gasteiger partial charge in [-0.15, -0.1) is 0 Å². The molecule has 20 heavy (non-hydrogen) atoms. The number of nitrogens with one attached hydrogen (secondary N) is 1. The number of nitrogens with zero attached hydrogens (tertiary/aromatic N) is 2. The first-order valence-electron chi connectivity index (χ1n) is 6.29. The zero-order valence-corrected chi connectivity index (χ0v) is 11.4. The highest BCUT2D eigenvalue weighted by atomic mass is 19.1. The van der Waals surface area contributed by atoms with Gasteiger partial charge in [0.15, 0.2) is 0 Å². The van der Waals surface area contributed by atoms with E-state index in [4.69, 9.17) is 5.11 Å². The molecule has 1 aromatic heterocycles. The first-order chi connectivity index (χ1) is 9.51. The van der Waals surface area contributed by atoms with Gasteiger partial charge >= 0.3 is 0 Å². The van der Waals surface area contributed by atoms with Gasteiger partial charge < -0.3 is 10.4 Å². The average Bonchev–Trinajstić information content (AvgIpc) is 2.76. The van der Waals surface area contributed by atoms with E-state index in [0.717, 1.165) is 23.7 Å². The standard InChI is InChI=1S/C14H16FN3O2/c1-3-13-9(8-18(2)17-13)7-16-14(20)11-5-4-10(19)6-12(11)15/h4-6,8,19H,3,7H2,1-2H3,(H,16,20). The second kappa shape index (κ2) is 5.73. The van der Waals surface area contributed by atoms with Gasteiger partial charge in [-0.25, -0.2) is 4.39 Å². The molecule has 0 aliphatic carbocycles. The third-order valence-electron chi connectivity index (χ3n) is 2.96. The Bertz CT molecular complexity index is 637. The summed E-state index contributed by atoms with van der Waals surface area (Å²) >= 11 is 0. The normalized spacial score (nSPS) is 10.6. The Morgan fingerprint density at radius 3 is 2.90 bits per heavy atom. The number of aromatic nitrogens is 2. The van der Waals surface area contributed by atoms with Crippen LogP contribution in [0, 0.1) is 5.82 Å². The predicted octanol–water partition coefficient (Wildman–Crippen LogP) is 1.76. The van der Waals surface area contributed by atoms with Crippen LogP contribution >= 0.6 is 0 Å². The summed E-state index contributed by atoms with van der Waals surface area (Å²) in [6.45, 7) is 2.27. The van der Waals surface area contributed by atoms with Crippen molar-refractivity contribution in [1.29, 1.82) is 0 Å². The number of halogens is 1. The summed E-state index contributed by atoms with van der Waals surface area (Å²) in [4.78, 5) is 11.9. The minimum absolute atomic E-state index is 0.0928. The lowest BCUT2D eigenvalue weighted by Gasteiger charge is -2.06. The molecule has 0 saturated heterocycles. The molecule has 1 aromatic carbocycles. The third kappa shape index (κ3) is 2.96. The van der Waals surface area contributed by atoms with Crippen molar-refractivity contribution in [3.8, 4) is 5.75 Å². The van der Waals surface area contributed by atoms with Crippen molar-refractivity contribution < 1.29 is 14.3 Å². The number of benzene rings is 1. The van der Waals surface area contributed by atoms with Gasteiger partial charge in [-0.3, -0.25) is 9.48 Å². The van der Waals surface area contributed by atoms with E-state index < -0.39 is 11.7 Å². The van der Waals surface area contributed by atoms with Crippen molar-refractivity contribution in [2.75, 3.05) is 0 Å². The summed E-state index contributed by atoms with van der Waals surface area (Å²) < 4.78 is 15.2. The number of carbonyl (C=O) groups excluding carboxylic acids is 1. The Morgan fingerprint density at radius 2 is 2.25 bits per heavy atom. The van der Waals surface area contributed by atoms with Crippen molar-refractivity contribution in [1.82, 2.24) is 15.1 Å². The van der Waals surface area contributed by atoms with Crippen molar-refractivity contribution in [2.45, 2.75) is 19.9 Å². The fourth-order valence-electron chi connectivity index (χ4n) is 1.99. The Balaban J connectivity index is 2.08. The van der Waals surface area contributed by atoms with E-state index in [1.54, 1.807) is 4.68 Å². The van der Waals surface area contributed by atoms with E-state index in [1.165, 1.54) is 12.1 Å². The van der Waals surface area contributed by atoms with Gasteiger partial charge in [0, 0.05) is 31.4 Å². The number of hydrogen-bond donors (Lipinski definition) is 2. The topological polar surface area (TPSA) is 67.2 Å². The zero-order valence-electron chi connectivity index (χ0n) is 11.4. The molecule has 1 amide bonds. The van der Waals surface area contributed by atoms with Crippen LogP contribution in [0.4, 0.5) is 4.39 Å². The molecular weight excluding hydrogens is 261 g/mol. The highest BCUT2D eigenvalue weighted by Gasteiger charge is 2.13. The van der Waals surface area contributed by atoms with Crippen molar-refractivity contribution in [3.63, 3.8) is 0 Å². The van der Waals surface area contributed by atoms with Gasteiger partial charge in [0.2, 0.25) is 0 Å². The van der Waals surface area contributed by atoms with Gasteiger partial charge in [-0.05, 0) is 18.6 Å². The molecule has 6 heteroatoms. The van der Waals surface area contributed by atoms with E-state index in [0.29, 0.717) is 0 Å². The van der Waals surface area contributed by atoms with Crippen LogP contribution in [0.1, 0.15) is 28.5 Å². The predicted molar refractivity (Wildman–Crippen MR) is 71.8 cm³/mol. The van der Waals surface area contributed by atoms with E-state index in [9.17, 15) is 9.18 Å². The molecule has 0 atom stereocenters. The molecule has 0 fully saturated rings. The molecule has 5 nitrogen and oxygen atoms in total. The van der Waals surface area contributed by atoms with Crippen molar-refractivity contribution >= 4 is 5.91 Å². The number of rotatable bonds is 4. The van der Waals surface area contributed by atoms with E-state index >= 15 is 0 Å². The highest BCUT2D eigenvalue weighted by molar-refractivity contribution is 5.94. The maximum atomic E-state index is 13.5. The number of aryl methyl sites for hydroxylation is 2. The minimum Gasteiger partial charge on any atom is -0.508 e. The Labute approximate surface area is 116 Å². The SMILES string of the molecule is CCc1nn(C)cc1CNC(=O)c1ccc(O)cc1F. The van der Waals surface area contributed by atoms with Crippen LogP contribution < -0.4 is 5.32 Å². The van der Waals surface area contributed by atoms with Gasteiger partial charge in [0.25, 0.3) is 5.91 Å². The summed E-state index contributed by atoms with van der Waals surface area (Å²) in [6.07, 6.45) is 2.59. The summed E-state index contributed by atoms with van der Waals surface area (Å²) in [7, 11) is 1.81. The summed E-state index contributed by atoms with van der Waals surface area (Å²) in [5.74, 6) is -1.47. The van der Waals surface area contributed by atoms with Crippen LogP contribution in [0.25, 0.3) is 0 Å². The largest absolute Gasteiger partial charge is 0.508 e. The molecule has 0 spiro atoms. The third-order valence-corrected chi connectivity index (χ3v) is 2.96. The first kappa shape index (κ1) is 14.0. The molecular formula is C14H16FN3O2.